The molecule has 1 aliphatic rings. The lowest BCUT2D eigenvalue weighted by Crippen LogP contribution is -2.43. The minimum Gasteiger partial charge on any atom is -0.463 e. The van der Waals surface area contributed by atoms with Crippen molar-refractivity contribution in [3.63, 3.8) is 0 Å². The van der Waals surface area contributed by atoms with Gasteiger partial charge >= 0.3 is 11.9 Å². The number of hydrogen-bond donors (Lipinski definition) is 2. The zero-order chi connectivity index (χ0) is 22.9. The lowest BCUT2D eigenvalue weighted by molar-refractivity contribution is -0.164. The van der Waals surface area contributed by atoms with E-state index >= 15 is 0 Å². The van der Waals surface area contributed by atoms with Crippen molar-refractivity contribution >= 4 is 23.3 Å². The van der Waals surface area contributed by atoms with Crippen LogP contribution in [0.15, 0.2) is 18.5 Å². The van der Waals surface area contributed by atoms with Crippen LogP contribution in [0.1, 0.15) is 33.4 Å². The summed E-state index contributed by atoms with van der Waals surface area (Å²) in [6.07, 6.45) is -2.71. The number of aliphatic hydroxyl groups is 1. The molecule has 11 nitrogen and oxygen atoms in total. The molecule has 0 radical (unpaired) electrons. The van der Waals surface area contributed by atoms with Gasteiger partial charge in [-0.05, 0) is 12.1 Å². The maximum Gasteiger partial charge on any atom is 0.308 e. The van der Waals surface area contributed by atoms with Crippen LogP contribution in [0.5, 0.6) is 0 Å². The number of ether oxygens (including phenoxy) is 3. The summed E-state index contributed by atoms with van der Waals surface area (Å²) < 4.78 is 18.0. The fraction of sp³-hybridized carbons (Fsp3) is 0.550. The van der Waals surface area contributed by atoms with E-state index in [9.17, 15) is 20.0 Å². The first-order valence-electron chi connectivity index (χ1n) is 9.85. The molecule has 0 amide bonds. The first-order valence-corrected chi connectivity index (χ1v) is 9.85. The predicted molar refractivity (Wildman–Crippen MR) is 106 cm³/mol. The maximum atomic E-state index is 12.3. The van der Waals surface area contributed by atoms with Gasteiger partial charge in [0.25, 0.3) is 0 Å². The fourth-order valence-electron chi connectivity index (χ4n) is 3.28. The Balaban J connectivity index is 2.02. The van der Waals surface area contributed by atoms with Crippen LogP contribution in [0.2, 0.25) is 0 Å². The smallest absolute Gasteiger partial charge is 0.308 e. The van der Waals surface area contributed by atoms with Gasteiger partial charge in [-0.3, -0.25) is 9.59 Å². The summed E-state index contributed by atoms with van der Waals surface area (Å²) in [6.45, 7) is 6.29. The average molecular weight is 431 g/mol. The van der Waals surface area contributed by atoms with Crippen molar-refractivity contribution in [2.45, 2.75) is 51.6 Å². The summed E-state index contributed by atoms with van der Waals surface area (Å²) in [5.41, 5.74) is 4.50. The Bertz CT molecular complexity index is 1030. The Labute approximate surface area is 178 Å². The predicted octanol–water partition coefficient (Wildman–Crippen LogP) is 0.557. The van der Waals surface area contributed by atoms with Gasteiger partial charge in [-0.25, -0.2) is 9.50 Å². The SMILES string of the molecule is CC(C)C(=O)OC[C@H]1O[C@@](C#N)(c2ccc3c(N)ncnn23)[C@H](O)[C@@H]1OC(=O)C(C)C. The number of carbonyl (C=O) groups excluding carboxylic acids is 2. The van der Waals surface area contributed by atoms with Gasteiger partial charge in [0.15, 0.2) is 11.9 Å². The Morgan fingerprint density at radius 3 is 2.61 bits per heavy atom. The van der Waals surface area contributed by atoms with Gasteiger partial charge < -0.3 is 25.1 Å². The van der Waals surface area contributed by atoms with Gasteiger partial charge in [0, 0.05) is 0 Å². The molecule has 1 aliphatic heterocycles. The minimum absolute atomic E-state index is 0.173. The molecule has 11 heteroatoms. The second kappa shape index (κ2) is 8.49. The molecule has 0 aromatic carbocycles. The van der Waals surface area contributed by atoms with Gasteiger partial charge in [0.2, 0.25) is 5.60 Å². The molecule has 166 valence electrons. The van der Waals surface area contributed by atoms with Gasteiger partial charge in [-0.15, -0.1) is 0 Å². The molecule has 4 atom stereocenters. The first-order chi connectivity index (χ1) is 14.6. The van der Waals surface area contributed by atoms with Gasteiger partial charge in [-0.1, -0.05) is 27.7 Å². The van der Waals surface area contributed by atoms with Crippen LogP contribution >= 0.6 is 0 Å². The summed E-state index contributed by atoms with van der Waals surface area (Å²) in [6, 6.07) is 5.10. The zero-order valence-electron chi connectivity index (χ0n) is 17.7. The van der Waals surface area contributed by atoms with E-state index in [1.807, 2.05) is 6.07 Å². The molecule has 1 fully saturated rings. The molecule has 0 aliphatic carbocycles. The van der Waals surface area contributed by atoms with Gasteiger partial charge in [-0.2, -0.15) is 10.4 Å². The molecule has 31 heavy (non-hydrogen) atoms. The Morgan fingerprint density at radius 2 is 2.00 bits per heavy atom. The number of fused-ring (bicyclic) bond motifs is 1. The van der Waals surface area contributed by atoms with Crippen molar-refractivity contribution in [2.75, 3.05) is 12.3 Å². The first kappa shape index (κ1) is 22.5. The maximum absolute atomic E-state index is 12.3. The topological polar surface area (TPSA) is 162 Å². The molecule has 3 rings (SSSR count). The van der Waals surface area contributed by atoms with Crippen molar-refractivity contribution < 1.29 is 28.9 Å². The largest absolute Gasteiger partial charge is 0.463 e. The van der Waals surface area contributed by atoms with Crippen LogP contribution in [0.4, 0.5) is 5.82 Å². The fourth-order valence-corrected chi connectivity index (χ4v) is 3.28. The van der Waals surface area contributed by atoms with E-state index < -0.39 is 47.7 Å². The molecule has 1 saturated heterocycles. The number of nitrogen functional groups attached to an aromatic ring is 1. The third kappa shape index (κ3) is 3.92. The number of nitrogens with two attached hydrogens (primary N) is 1. The van der Waals surface area contributed by atoms with Gasteiger partial charge in [0.1, 0.15) is 36.7 Å². The standard InChI is InChI=1S/C20H25N5O6/c1-10(2)18(27)29-7-13-15(30-19(28)11(3)4)16(26)20(8-21,31-13)14-6-5-12-17(22)23-9-24-25(12)14/h5-6,9-11,13,15-16,26H,7H2,1-4H3,(H2,22,23,24)/t13-,15-,16-,20+/m1/s1. The van der Waals surface area contributed by atoms with Gasteiger partial charge in [0.05, 0.1) is 17.5 Å². The average Bonchev–Trinajstić information content (AvgIpc) is 3.27. The van der Waals surface area contributed by atoms with E-state index in [-0.39, 0.29) is 18.1 Å². The highest BCUT2D eigenvalue weighted by atomic mass is 16.6. The van der Waals surface area contributed by atoms with Crippen LogP contribution < -0.4 is 5.73 Å². The number of aromatic nitrogens is 3. The zero-order valence-corrected chi connectivity index (χ0v) is 17.7. The number of hydrogen-bond acceptors (Lipinski definition) is 10. The molecule has 0 spiro atoms. The molecular formula is C20H25N5O6. The van der Waals surface area contributed by atoms with Crippen LogP contribution in [0.3, 0.4) is 0 Å². The van der Waals surface area contributed by atoms with Crippen molar-refractivity contribution in [1.82, 2.24) is 14.6 Å². The molecule has 3 heterocycles. The summed E-state index contributed by atoms with van der Waals surface area (Å²) in [5.74, 6) is -1.78. The van der Waals surface area contributed by atoms with Crippen molar-refractivity contribution in [3.8, 4) is 6.07 Å². The third-order valence-electron chi connectivity index (χ3n) is 5.04. The minimum atomic E-state index is -1.95. The third-order valence-corrected chi connectivity index (χ3v) is 5.04. The number of aliphatic hydroxyl groups excluding tert-OH is 1. The number of rotatable bonds is 6. The summed E-state index contributed by atoms with van der Waals surface area (Å²) in [7, 11) is 0. The van der Waals surface area contributed by atoms with E-state index in [4.69, 9.17) is 19.9 Å². The van der Waals surface area contributed by atoms with Crippen LogP contribution in [-0.4, -0.2) is 56.6 Å². The number of nitrogens with zero attached hydrogens (tertiary/aromatic N) is 4. The number of nitriles is 1. The van der Waals surface area contributed by atoms with E-state index in [0.717, 1.165) is 0 Å². The van der Waals surface area contributed by atoms with E-state index in [1.165, 1.54) is 16.9 Å². The van der Waals surface area contributed by atoms with Crippen LogP contribution in [0, 0.1) is 23.2 Å². The lowest BCUT2D eigenvalue weighted by Gasteiger charge is -2.25. The highest BCUT2D eigenvalue weighted by Crippen LogP contribution is 2.42. The quantitative estimate of drug-likeness (QED) is 0.618. The highest BCUT2D eigenvalue weighted by molar-refractivity contribution is 5.72. The van der Waals surface area contributed by atoms with E-state index in [2.05, 4.69) is 10.1 Å². The monoisotopic (exact) mass is 431 g/mol. The Morgan fingerprint density at radius 1 is 1.32 bits per heavy atom. The van der Waals surface area contributed by atoms with E-state index in [1.54, 1.807) is 33.8 Å². The molecule has 0 unspecified atom stereocenters. The second-order valence-electron chi connectivity index (χ2n) is 7.95. The molecule has 0 bridgehead atoms. The molecule has 2 aromatic rings. The number of esters is 2. The normalized spacial score (nSPS) is 25.7. The summed E-state index contributed by atoms with van der Waals surface area (Å²) in [4.78, 5) is 28.1. The van der Waals surface area contributed by atoms with Crippen LogP contribution in [0.25, 0.3) is 5.52 Å². The summed E-state index contributed by atoms with van der Waals surface area (Å²) >= 11 is 0. The summed E-state index contributed by atoms with van der Waals surface area (Å²) in [5, 5.41) is 25.3. The van der Waals surface area contributed by atoms with Crippen molar-refractivity contribution in [1.29, 1.82) is 5.26 Å². The molecule has 3 N–H and O–H groups in total. The number of carbonyl (C=O) groups is 2. The Hall–Kier alpha value is -3.23. The lowest BCUT2D eigenvalue weighted by atomic mass is 9.92. The van der Waals surface area contributed by atoms with Crippen molar-refractivity contribution in [2.24, 2.45) is 11.8 Å². The van der Waals surface area contributed by atoms with Crippen LogP contribution in [-0.2, 0) is 29.4 Å². The Kier molecular flexibility index (Phi) is 6.15. The number of anilines is 1. The molecule has 2 aromatic heterocycles. The van der Waals surface area contributed by atoms with E-state index in [0.29, 0.717) is 5.52 Å². The van der Waals surface area contributed by atoms with Crippen molar-refractivity contribution in [3.05, 3.63) is 24.2 Å². The molecular weight excluding hydrogens is 406 g/mol. The highest BCUT2D eigenvalue weighted by Gasteiger charge is 2.60. The second-order valence-corrected chi connectivity index (χ2v) is 7.95. The molecule has 0 saturated carbocycles.